The fourth-order valence-corrected chi connectivity index (χ4v) is 1.59. The Kier molecular flexibility index (Phi) is 4.20. The molecule has 0 aromatic heterocycles. The first-order valence-electron chi connectivity index (χ1n) is 4.28. The van der Waals surface area contributed by atoms with E-state index >= 15 is 0 Å². The van der Waals surface area contributed by atoms with Gasteiger partial charge in [0.15, 0.2) is 0 Å². The van der Waals surface area contributed by atoms with Crippen LogP contribution >= 0.6 is 11.6 Å². The third-order valence-electron chi connectivity index (χ3n) is 1.99. The zero-order valence-electron chi connectivity index (χ0n) is 8.56. The van der Waals surface area contributed by atoms with Gasteiger partial charge in [0.05, 0.1) is 19.2 Å². The number of rotatable bonds is 4. The Morgan fingerprint density at radius 3 is 2.64 bits per heavy atom. The SMILES string of the molecule is CONCc1ccc(C)c(OC)c1Cl. The average molecular weight is 216 g/mol. The van der Waals surface area contributed by atoms with Crippen LogP contribution in [0.4, 0.5) is 0 Å². The molecule has 1 rings (SSSR count). The smallest absolute Gasteiger partial charge is 0.140 e. The number of benzene rings is 1. The molecule has 4 heteroatoms. The molecule has 0 aliphatic carbocycles. The highest BCUT2D eigenvalue weighted by Crippen LogP contribution is 2.31. The lowest BCUT2D eigenvalue weighted by atomic mass is 10.1. The standard InChI is InChI=1S/C10H14ClNO2/c1-7-4-5-8(6-12-14-3)9(11)10(7)13-2/h4-5,12H,6H2,1-3H3. The second-order valence-electron chi connectivity index (χ2n) is 2.91. The fourth-order valence-electron chi connectivity index (χ4n) is 1.23. The maximum Gasteiger partial charge on any atom is 0.140 e. The molecule has 3 nitrogen and oxygen atoms in total. The van der Waals surface area contributed by atoms with Crippen LogP contribution in [0.1, 0.15) is 11.1 Å². The van der Waals surface area contributed by atoms with Crippen molar-refractivity contribution in [2.45, 2.75) is 13.5 Å². The van der Waals surface area contributed by atoms with Gasteiger partial charge in [0.25, 0.3) is 0 Å². The monoisotopic (exact) mass is 215 g/mol. The summed E-state index contributed by atoms with van der Waals surface area (Å²) in [5.74, 6) is 0.724. The van der Waals surface area contributed by atoms with Crippen molar-refractivity contribution >= 4 is 11.6 Å². The minimum Gasteiger partial charge on any atom is -0.495 e. The van der Waals surface area contributed by atoms with Gasteiger partial charge >= 0.3 is 0 Å². The van der Waals surface area contributed by atoms with Gasteiger partial charge in [0.1, 0.15) is 5.75 Å². The number of nitrogens with one attached hydrogen (secondary N) is 1. The van der Waals surface area contributed by atoms with Gasteiger partial charge in [-0.2, -0.15) is 5.48 Å². The second-order valence-corrected chi connectivity index (χ2v) is 3.29. The quantitative estimate of drug-likeness (QED) is 0.782. The summed E-state index contributed by atoms with van der Waals surface area (Å²) >= 11 is 6.13. The number of aryl methyl sites for hydroxylation is 1. The van der Waals surface area contributed by atoms with E-state index in [1.807, 2.05) is 19.1 Å². The van der Waals surface area contributed by atoms with E-state index in [2.05, 4.69) is 5.48 Å². The van der Waals surface area contributed by atoms with Crippen molar-refractivity contribution in [3.05, 3.63) is 28.3 Å². The Morgan fingerprint density at radius 1 is 1.36 bits per heavy atom. The summed E-state index contributed by atoms with van der Waals surface area (Å²) in [5, 5.41) is 0.636. The van der Waals surface area contributed by atoms with Crippen molar-refractivity contribution in [2.24, 2.45) is 0 Å². The molecule has 0 amide bonds. The molecule has 1 N–H and O–H groups in total. The Hall–Kier alpha value is -0.770. The number of hydrogen-bond acceptors (Lipinski definition) is 3. The van der Waals surface area contributed by atoms with Gasteiger partial charge in [-0.05, 0) is 18.1 Å². The van der Waals surface area contributed by atoms with Crippen LogP contribution < -0.4 is 10.2 Å². The van der Waals surface area contributed by atoms with Crippen molar-refractivity contribution < 1.29 is 9.57 Å². The number of methoxy groups -OCH3 is 1. The molecular formula is C10H14ClNO2. The molecule has 0 saturated carbocycles. The zero-order chi connectivity index (χ0) is 10.6. The lowest BCUT2D eigenvalue weighted by Crippen LogP contribution is -2.11. The number of hydrogen-bond donors (Lipinski definition) is 1. The van der Waals surface area contributed by atoms with Gasteiger partial charge in [-0.1, -0.05) is 23.7 Å². The summed E-state index contributed by atoms with van der Waals surface area (Å²) in [7, 11) is 3.18. The maximum absolute atomic E-state index is 6.13. The first-order chi connectivity index (χ1) is 6.70. The summed E-state index contributed by atoms with van der Waals surface area (Å²) in [5.41, 5.74) is 4.72. The lowest BCUT2D eigenvalue weighted by Gasteiger charge is -2.11. The first-order valence-corrected chi connectivity index (χ1v) is 4.66. The van der Waals surface area contributed by atoms with Crippen LogP contribution in [0.3, 0.4) is 0 Å². The van der Waals surface area contributed by atoms with E-state index in [0.29, 0.717) is 11.6 Å². The second kappa shape index (κ2) is 5.20. The third kappa shape index (κ3) is 2.38. The maximum atomic E-state index is 6.13. The van der Waals surface area contributed by atoms with E-state index in [1.54, 1.807) is 14.2 Å². The van der Waals surface area contributed by atoms with Crippen molar-refractivity contribution in [1.82, 2.24) is 5.48 Å². The van der Waals surface area contributed by atoms with E-state index in [0.717, 1.165) is 16.9 Å². The predicted molar refractivity (Wildman–Crippen MR) is 56.6 cm³/mol. The van der Waals surface area contributed by atoms with Gasteiger partial charge in [0, 0.05) is 6.54 Å². The Bertz CT molecular complexity index is 315. The molecule has 0 saturated heterocycles. The van der Waals surface area contributed by atoms with Gasteiger partial charge in [0.2, 0.25) is 0 Å². The zero-order valence-corrected chi connectivity index (χ0v) is 9.31. The molecule has 0 bridgehead atoms. The summed E-state index contributed by atoms with van der Waals surface area (Å²) in [6, 6.07) is 3.92. The van der Waals surface area contributed by atoms with Gasteiger partial charge < -0.3 is 9.57 Å². The molecule has 1 aromatic rings. The van der Waals surface area contributed by atoms with Crippen molar-refractivity contribution in [3.63, 3.8) is 0 Å². The number of ether oxygens (including phenoxy) is 1. The van der Waals surface area contributed by atoms with E-state index in [1.165, 1.54) is 0 Å². The molecule has 0 heterocycles. The normalized spacial score (nSPS) is 10.3. The molecule has 1 aromatic carbocycles. The summed E-state index contributed by atoms with van der Waals surface area (Å²) < 4.78 is 5.20. The van der Waals surface area contributed by atoms with Crippen LogP contribution in [0.2, 0.25) is 5.02 Å². The summed E-state index contributed by atoms with van der Waals surface area (Å²) in [6.45, 7) is 2.52. The number of halogens is 1. The summed E-state index contributed by atoms with van der Waals surface area (Å²) in [6.07, 6.45) is 0. The number of hydroxylamine groups is 1. The van der Waals surface area contributed by atoms with Crippen molar-refractivity contribution in [2.75, 3.05) is 14.2 Å². The minimum atomic E-state index is 0.561. The topological polar surface area (TPSA) is 30.5 Å². The molecule has 0 atom stereocenters. The largest absolute Gasteiger partial charge is 0.495 e. The Labute approximate surface area is 88.9 Å². The van der Waals surface area contributed by atoms with Crippen LogP contribution in [-0.4, -0.2) is 14.2 Å². The van der Waals surface area contributed by atoms with Crippen LogP contribution in [-0.2, 0) is 11.4 Å². The molecule has 0 aliphatic heterocycles. The molecule has 0 aliphatic rings. The molecule has 0 fully saturated rings. The molecular weight excluding hydrogens is 202 g/mol. The Balaban J connectivity index is 2.96. The molecule has 14 heavy (non-hydrogen) atoms. The van der Waals surface area contributed by atoms with Crippen LogP contribution in [0.15, 0.2) is 12.1 Å². The van der Waals surface area contributed by atoms with Crippen molar-refractivity contribution in [3.8, 4) is 5.75 Å². The van der Waals surface area contributed by atoms with E-state index in [9.17, 15) is 0 Å². The van der Waals surface area contributed by atoms with E-state index < -0.39 is 0 Å². The fraction of sp³-hybridized carbons (Fsp3) is 0.400. The van der Waals surface area contributed by atoms with Gasteiger partial charge in [-0.25, -0.2) is 0 Å². The van der Waals surface area contributed by atoms with Crippen molar-refractivity contribution in [1.29, 1.82) is 0 Å². The van der Waals surface area contributed by atoms with Gasteiger partial charge in [-0.15, -0.1) is 0 Å². The molecule has 78 valence electrons. The molecule has 0 radical (unpaired) electrons. The Morgan fingerprint density at radius 2 is 2.07 bits per heavy atom. The summed E-state index contributed by atoms with van der Waals surface area (Å²) in [4.78, 5) is 4.76. The van der Waals surface area contributed by atoms with Gasteiger partial charge in [-0.3, -0.25) is 0 Å². The molecule has 0 spiro atoms. The highest BCUT2D eigenvalue weighted by Gasteiger charge is 2.08. The predicted octanol–water partition coefficient (Wildman–Crippen LogP) is 2.31. The minimum absolute atomic E-state index is 0.561. The average Bonchev–Trinajstić information content (AvgIpc) is 2.18. The van der Waals surface area contributed by atoms with Crippen LogP contribution in [0.5, 0.6) is 5.75 Å². The first kappa shape index (κ1) is 11.3. The van der Waals surface area contributed by atoms with E-state index in [-0.39, 0.29) is 0 Å². The van der Waals surface area contributed by atoms with Crippen LogP contribution in [0.25, 0.3) is 0 Å². The highest BCUT2D eigenvalue weighted by atomic mass is 35.5. The highest BCUT2D eigenvalue weighted by molar-refractivity contribution is 6.33. The van der Waals surface area contributed by atoms with Crippen LogP contribution in [0, 0.1) is 6.92 Å². The van der Waals surface area contributed by atoms with E-state index in [4.69, 9.17) is 21.2 Å². The molecule has 0 unspecified atom stereocenters. The third-order valence-corrected chi connectivity index (χ3v) is 2.40. The lowest BCUT2D eigenvalue weighted by molar-refractivity contribution is 0.0867.